The highest BCUT2D eigenvalue weighted by atomic mass is 35.5. The van der Waals surface area contributed by atoms with Gasteiger partial charge in [-0.25, -0.2) is 9.82 Å². The number of hydrogen-bond acceptors (Lipinski definition) is 3. The normalized spacial score (nSPS) is 12.7. The Hall–Kier alpha value is -1.43. The fourth-order valence-corrected chi connectivity index (χ4v) is 2.44. The van der Waals surface area contributed by atoms with Crippen LogP contribution in [-0.2, 0) is 13.0 Å². The maximum atomic E-state index is 13.5. The zero-order valence-corrected chi connectivity index (χ0v) is 12.3. The molecule has 0 radical (unpaired) electrons. The summed E-state index contributed by atoms with van der Waals surface area (Å²) in [6.07, 6.45) is 0.828. The Bertz CT molecular complexity index is 597. The van der Waals surface area contributed by atoms with E-state index < -0.39 is 6.04 Å². The highest BCUT2D eigenvalue weighted by molar-refractivity contribution is 6.31. The number of nitrogens with two attached hydrogens (primary N) is 1. The first kappa shape index (κ1) is 15.0. The van der Waals surface area contributed by atoms with E-state index in [1.165, 1.54) is 18.2 Å². The summed E-state index contributed by atoms with van der Waals surface area (Å²) in [6, 6.07) is 5.82. The molecule has 108 valence electrons. The van der Waals surface area contributed by atoms with Crippen LogP contribution in [0.2, 0.25) is 5.02 Å². The molecule has 0 aliphatic carbocycles. The summed E-state index contributed by atoms with van der Waals surface area (Å²) in [5, 5.41) is 4.95. The van der Waals surface area contributed by atoms with Gasteiger partial charge >= 0.3 is 0 Å². The Morgan fingerprint density at radius 3 is 2.75 bits per heavy atom. The van der Waals surface area contributed by atoms with E-state index in [1.54, 1.807) is 0 Å². The van der Waals surface area contributed by atoms with Crippen molar-refractivity contribution in [1.29, 1.82) is 0 Å². The van der Waals surface area contributed by atoms with Gasteiger partial charge in [-0.1, -0.05) is 18.5 Å². The molecule has 6 heteroatoms. The molecular formula is C14H18ClFN4. The maximum absolute atomic E-state index is 13.5. The second kappa shape index (κ2) is 6.35. The van der Waals surface area contributed by atoms with E-state index in [4.69, 9.17) is 17.4 Å². The van der Waals surface area contributed by atoms with Crippen LogP contribution < -0.4 is 11.3 Å². The lowest BCUT2D eigenvalue weighted by molar-refractivity contribution is 0.537. The van der Waals surface area contributed by atoms with Gasteiger partial charge in [-0.15, -0.1) is 0 Å². The van der Waals surface area contributed by atoms with Crippen LogP contribution in [0.5, 0.6) is 0 Å². The standard InChI is InChI=1S/C14H18ClFN4/c1-3-10-8-13(20(4-2)19-10)14(18-17)11-7-9(16)5-6-12(11)15/h5-8,14,18H,3-4,17H2,1-2H3. The lowest BCUT2D eigenvalue weighted by Gasteiger charge is -2.18. The Labute approximate surface area is 122 Å². The molecule has 1 aromatic heterocycles. The SMILES string of the molecule is CCc1cc(C(NN)c2cc(F)ccc2Cl)n(CC)n1. The average molecular weight is 297 g/mol. The first-order valence-corrected chi connectivity index (χ1v) is 6.96. The van der Waals surface area contributed by atoms with Crippen LogP contribution in [0, 0.1) is 5.82 Å². The summed E-state index contributed by atoms with van der Waals surface area (Å²) in [6.45, 7) is 4.74. The summed E-state index contributed by atoms with van der Waals surface area (Å²) in [5.41, 5.74) is 5.15. The summed E-state index contributed by atoms with van der Waals surface area (Å²) >= 11 is 6.16. The molecule has 2 aromatic rings. The van der Waals surface area contributed by atoms with Crippen molar-refractivity contribution in [2.75, 3.05) is 0 Å². The first-order valence-electron chi connectivity index (χ1n) is 6.58. The van der Waals surface area contributed by atoms with Crippen LogP contribution in [0.4, 0.5) is 4.39 Å². The fraction of sp³-hybridized carbons (Fsp3) is 0.357. The molecule has 1 unspecified atom stereocenters. The van der Waals surface area contributed by atoms with Crippen molar-refractivity contribution in [3.05, 3.63) is 52.1 Å². The third-order valence-electron chi connectivity index (χ3n) is 3.25. The topological polar surface area (TPSA) is 55.9 Å². The molecule has 2 rings (SSSR count). The Kier molecular flexibility index (Phi) is 4.75. The number of rotatable bonds is 5. The van der Waals surface area contributed by atoms with Gasteiger partial charge in [-0.05, 0) is 43.2 Å². The van der Waals surface area contributed by atoms with Crippen LogP contribution in [0.25, 0.3) is 0 Å². The maximum Gasteiger partial charge on any atom is 0.123 e. The van der Waals surface area contributed by atoms with Crippen molar-refractivity contribution in [2.45, 2.75) is 32.9 Å². The molecular weight excluding hydrogens is 279 g/mol. The monoisotopic (exact) mass is 296 g/mol. The summed E-state index contributed by atoms with van der Waals surface area (Å²) in [5.74, 6) is 5.31. The molecule has 0 spiro atoms. The second-order valence-electron chi connectivity index (χ2n) is 4.50. The van der Waals surface area contributed by atoms with Crippen molar-refractivity contribution in [3.63, 3.8) is 0 Å². The van der Waals surface area contributed by atoms with Gasteiger partial charge in [0.05, 0.1) is 17.4 Å². The van der Waals surface area contributed by atoms with Gasteiger partial charge < -0.3 is 0 Å². The van der Waals surface area contributed by atoms with E-state index in [0.717, 1.165) is 17.8 Å². The van der Waals surface area contributed by atoms with E-state index in [1.807, 2.05) is 24.6 Å². The highest BCUT2D eigenvalue weighted by Crippen LogP contribution is 2.29. The largest absolute Gasteiger partial charge is 0.271 e. The predicted octanol–water partition coefficient (Wildman–Crippen LogP) is 2.81. The van der Waals surface area contributed by atoms with Crippen molar-refractivity contribution in [1.82, 2.24) is 15.2 Å². The lowest BCUT2D eigenvalue weighted by Crippen LogP contribution is -2.31. The van der Waals surface area contributed by atoms with Gasteiger partial charge in [0.15, 0.2) is 0 Å². The van der Waals surface area contributed by atoms with Gasteiger partial charge in [0, 0.05) is 11.6 Å². The minimum absolute atomic E-state index is 0.345. The molecule has 1 heterocycles. The molecule has 0 fully saturated rings. The summed E-state index contributed by atoms with van der Waals surface area (Å²) in [4.78, 5) is 0. The van der Waals surface area contributed by atoms with Crippen molar-refractivity contribution in [2.24, 2.45) is 5.84 Å². The molecule has 0 aliphatic rings. The van der Waals surface area contributed by atoms with Gasteiger partial charge in [0.1, 0.15) is 5.82 Å². The van der Waals surface area contributed by atoms with Crippen LogP contribution in [0.3, 0.4) is 0 Å². The van der Waals surface area contributed by atoms with Crippen LogP contribution >= 0.6 is 11.6 Å². The van der Waals surface area contributed by atoms with Crippen molar-refractivity contribution < 1.29 is 4.39 Å². The van der Waals surface area contributed by atoms with E-state index in [0.29, 0.717) is 17.1 Å². The Balaban J connectivity index is 2.51. The molecule has 0 amide bonds. The number of aryl methyl sites for hydroxylation is 2. The Morgan fingerprint density at radius 1 is 1.40 bits per heavy atom. The second-order valence-corrected chi connectivity index (χ2v) is 4.90. The number of nitrogens with zero attached hydrogens (tertiary/aromatic N) is 2. The summed E-state index contributed by atoms with van der Waals surface area (Å²) < 4.78 is 15.3. The zero-order chi connectivity index (χ0) is 14.7. The lowest BCUT2D eigenvalue weighted by atomic mass is 10.0. The number of aromatic nitrogens is 2. The van der Waals surface area contributed by atoms with E-state index in [-0.39, 0.29) is 5.82 Å². The molecule has 0 saturated heterocycles. The summed E-state index contributed by atoms with van der Waals surface area (Å²) in [7, 11) is 0. The molecule has 0 aliphatic heterocycles. The predicted molar refractivity (Wildman–Crippen MR) is 77.9 cm³/mol. The first-order chi connectivity index (χ1) is 9.60. The molecule has 0 bridgehead atoms. The van der Waals surface area contributed by atoms with Gasteiger partial charge in [0.2, 0.25) is 0 Å². The molecule has 1 aromatic carbocycles. The molecule has 1 atom stereocenters. The minimum Gasteiger partial charge on any atom is -0.271 e. The van der Waals surface area contributed by atoms with Crippen LogP contribution in [0.15, 0.2) is 24.3 Å². The van der Waals surface area contributed by atoms with Crippen LogP contribution in [0.1, 0.15) is 36.8 Å². The molecule has 0 saturated carbocycles. The number of benzene rings is 1. The van der Waals surface area contributed by atoms with Crippen LogP contribution in [-0.4, -0.2) is 9.78 Å². The van der Waals surface area contributed by atoms with E-state index in [2.05, 4.69) is 10.5 Å². The number of hydrazine groups is 1. The van der Waals surface area contributed by atoms with Gasteiger partial charge in [-0.3, -0.25) is 10.5 Å². The number of hydrogen-bond donors (Lipinski definition) is 2. The van der Waals surface area contributed by atoms with Crippen molar-refractivity contribution >= 4 is 11.6 Å². The van der Waals surface area contributed by atoms with Gasteiger partial charge in [-0.2, -0.15) is 5.10 Å². The Morgan fingerprint density at radius 2 is 2.15 bits per heavy atom. The smallest absolute Gasteiger partial charge is 0.123 e. The zero-order valence-electron chi connectivity index (χ0n) is 11.5. The average Bonchev–Trinajstić information content (AvgIpc) is 2.87. The van der Waals surface area contributed by atoms with Gasteiger partial charge in [0.25, 0.3) is 0 Å². The van der Waals surface area contributed by atoms with E-state index in [9.17, 15) is 4.39 Å². The molecule has 20 heavy (non-hydrogen) atoms. The fourth-order valence-electron chi connectivity index (χ4n) is 2.22. The number of nitrogens with one attached hydrogen (secondary N) is 1. The molecule has 4 nitrogen and oxygen atoms in total. The minimum atomic E-state index is -0.397. The van der Waals surface area contributed by atoms with Crippen molar-refractivity contribution in [3.8, 4) is 0 Å². The quantitative estimate of drug-likeness (QED) is 0.659. The number of halogens is 2. The molecule has 3 N–H and O–H groups in total. The van der Waals surface area contributed by atoms with E-state index >= 15 is 0 Å². The highest BCUT2D eigenvalue weighted by Gasteiger charge is 2.21. The third kappa shape index (κ3) is 2.85. The third-order valence-corrected chi connectivity index (χ3v) is 3.60.